The highest BCUT2D eigenvalue weighted by atomic mass is 32.2. The number of hydrogen-bond donors (Lipinski definition) is 1. The van der Waals surface area contributed by atoms with E-state index < -0.39 is 10.0 Å². The summed E-state index contributed by atoms with van der Waals surface area (Å²) in [6, 6.07) is 16.7. The molecule has 5 heteroatoms. The molecular formula is C16H20N2O2S. The van der Waals surface area contributed by atoms with E-state index in [4.69, 9.17) is 0 Å². The molecule has 0 atom stereocenters. The lowest BCUT2D eigenvalue weighted by Gasteiger charge is -2.19. The summed E-state index contributed by atoms with van der Waals surface area (Å²) in [5, 5.41) is 0. The Morgan fingerprint density at radius 2 is 1.62 bits per heavy atom. The van der Waals surface area contributed by atoms with Crippen molar-refractivity contribution < 1.29 is 8.42 Å². The highest BCUT2D eigenvalue weighted by molar-refractivity contribution is 7.89. The smallest absolute Gasteiger partial charge is 0.240 e. The lowest BCUT2D eigenvalue weighted by atomic mass is 10.2. The molecule has 0 fully saturated rings. The molecule has 0 saturated carbocycles. The molecule has 2 aromatic rings. The third-order valence-electron chi connectivity index (χ3n) is 3.27. The Labute approximate surface area is 126 Å². The maximum absolute atomic E-state index is 12.1. The standard InChI is InChI=1S/C16H20N2O2S/c1-14-8-10-16(11-9-14)21(19,20)17-12-13-18(2)15-6-4-3-5-7-15/h3-11,17H,12-13H2,1-2H3. The third kappa shape index (κ3) is 4.31. The van der Waals surface area contributed by atoms with E-state index in [0.717, 1.165) is 11.3 Å². The van der Waals surface area contributed by atoms with Crippen molar-refractivity contribution in [1.82, 2.24) is 4.72 Å². The Bertz CT molecular complexity index is 667. The van der Waals surface area contributed by atoms with Gasteiger partial charge in [0, 0.05) is 25.8 Å². The van der Waals surface area contributed by atoms with E-state index in [0.29, 0.717) is 18.0 Å². The maximum Gasteiger partial charge on any atom is 0.240 e. The van der Waals surface area contributed by atoms with Crippen LogP contribution in [0.4, 0.5) is 5.69 Å². The topological polar surface area (TPSA) is 49.4 Å². The minimum Gasteiger partial charge on any atom is -0.373 e. The van der Waals surface area contributed by atoms with Crippen LogP contribution in [0.25, 0.3) is 0 Å². The SMILES string of the molecule is Cc1ccc(S(=O)(=O)NCCN(C)c2ccccc2)cc1. The number of para-hydroxylation sites is 1. The molecule has 0 amide bonds. The fourth-order valence-electron chi connectivity index (χ4n) is 1.96. The number of benzene rings is 2. The minimum atomic E-state index is -3.43. The highest BCUT2D eigenvalue weighted by Gasteiger charge is 2.13. The minimum absolute atomic E-state index is 0.301. The van der Waals surface area contributed by atoms with Gasteiger partial charge in [-0.15, -0.1) is 0 Å². The first-order chi connectivity index (χ1) is 9.99. The van der Waals surface area contributed by atoms with E-state index in [1.165, 1.54) is 0 Å². The van der Waals surface area contributed by atoms with E-state index in [2.05, 4.69) is 4.72 Å². The van der Waals surface area contributed by atoms with Crippen LogP contribution >= 0.6 is 0 Å². The zero-order valence-electron chi connectivity index (χ0n) is 12.3. The summed E-state index contributed by atoms with van der Waals surface area (Å²) in [7, 11) is -1.49. The average molecular weight is 304 g/mol. The van der Waals surface area contributed by atoms with Gasteiger partial charge in [-0.05, 0) is 31.2 Å². The number of anilines is 1. The van der Waals surface area contributed by atoms with Gasteiger partial charge in [0.15, 0.2) is 0 Å². The van der Waals surface area contributed by atoms with Crippen LogP contribution in [-0.2, 0) is 10.0 Å². The van der Waals surface area contributed by atoms with Crippen LogP contribution in [0.1, 0.15) is 5.56 Å². The fraction of sp³-hybridized carbons (Fsp3) is 0.250. The van der Waals surface area contributed by atoms with E-state index in [1.807, 2.05) is 49.2 Å². The Hall–Kier alpha value is -1.85. The number of sulfonamides is 1. The van der Waals surface area contributed by atoms with Crippen LogP contribution in [0.2, 0.25) is 0 Å². The first-order valence-electron chi connectivity index (χ1n) is 6.81. The zero-order valence-corrected chi connectivity index (χ0v) is 13.1. The van der Waals surface area contributed by atoms with Crippen molar-refractivity contribution in [3.8, 4) is 0 Å². The fourth-order valence-corrected chi connectivity index (χ4v) is 2.98. The number of rotatable bonds is 6. The lowest BCUT2D eigenvalue weighted by Crippen LogP contribution is -2.33. The quantitative estimate of drug-likeness (QED) is 0.891. The summed E-state index contributed by atoms with van der Waals surface area (Å²) < 4.78 is 26.9. The normalized spacial score (nSPS) is 11.3. The van der Waals surface area contributed by atoms with Gasteiger partial charge in [0.05, 0.1) is 4.90 Å². The van der Waals surface area contributed by atoms with E-state index in [1.54, 1.807) is 24.3 Å². The number of aryl methyl sites for hydroxylation is 1. The van der Waals surface area contributed by atoms with Crippen LogP contribution in [0.5, 0.6) is 0 Å². The van der Waals surface area contributed by atoms with Gasteiger partial charge in [-0.1, -0.05) is 35.9 Å². The first kappa shape index (κ1) is 15.5. The van der Waals surface area contributed by atoms with Gasteiger partial charge in [-0.2, -0.15) is 0 Å². The van der Waals surface area contributed by atoms with Gasteiger partial charge in [-0.3, -0.25) is 0 Å². The van der Waals surface area contributed by atoms with E-state index >= 15 is 0 Å². The predicted octanol–water partition coefficient (Wildman–Crippen LogP) is 2.41. The van der Waals surface area contributed by atoms with Crippen molar-refractivity contribution in [1.29, 1.82) is 0 Å². The van der Waals surface area contributed by atoms with Crippen LogP contribution in [0.15, 0.2) is 59.5 Å². The Kier molecular flexibility index (Phi) is 4.98. The number of likely N-dealkylation sites (N-methyl/N-ethyl adjacent to an activating group) is 1. The molecule has 0 saturated heterocycles. The molecular weight excluding hydrogens is 284 g/mol. The molecule has 0 aliphatic rings. The molecule has 112 valence electrons. The summed E-state index contributed by atoms with van der Waals surface area (Å²) in [5.41, 5.74) is 2.10. The third-order valence-corrected chi connectivity index (χ3v) is 4.74. The first-order valence-corrected chi connectivity index (χ1v) is 8.30. The summed E-state index contributed by atoms with van der Waals surface area (Å²) in [4.78, 5) is 2.31. The van der Waals surface area contributed by atoms with Gasteiger partial charge >= 0.3 is 0 Å². The molecule has 2 aromatic carbocycles. The zero-order chi connectivity index (χ0) is 15.3. The van der Waals surface area contributed by atoms with Gasteiger partial charge in [0.25, 0.3) is 0 Å². The molecule has 21 heavy (non-hydrogen) atoms. The van der Waals surface area contributed by atoms with Crippen LogP contribution in [0.3, 0.4) is 0 Å². The van der Waals surface area contributed by atoms with Crippen molar-refractivity contribution in [2.45, 2.75) is 11.8 Å². The molecule has 4 nitrogen and oxygen atoms in total. The van der Waals surface area contributed by atoms with Crippen LogP contribution in [0, 0.1) is 6.92 Å². The maximum atomic E-state index is 12.1. The van der Waals surface area contributed by atoms with Gasteiger partial charge in [0.2, 0.25) is 10.0 Å². The summed E-state index contributed by atoms with van der Waals surface area (Å²) in [5.74, 6) is 0. The molecule has 1 N–H and O–H groups in total. The molecule has 0 heterocycles. The summed E-state index contributed by atoms with van der Waals surface area (Å²) in [6.45, 7) is 2.90. The Morgan fingerprint density at radius 1 is 1.00 bits per heavy atom. The second-order valence-corrected chi connectivity index (χ2v) is 6.73. The molecule has 0 aliphatic carbocycles. The molecule has 0 radical (unpaired) electrons. The van der Waals surface area contributed by atoms with E-state index in [-0.39, 0.29) is 0 Å². The molecule has 0 bridgehead atoms. The van der Waals surface area contributed by atoms with Gasteiger partial charge in [-0.25, -0.2) is 13.1 Å². The van der Waals surface area contributed by atoms with Gasteiger partial charge in [0.1, 0.15) is 0 Å². The van der Waals surface area contributed by atoms with Crippen LogP contribution in [-0.4, -0.2) is 28.6 Å². The molecule has 0 aromatic heterocycles. The number of hydrogen-bond acceptors (Lipinski definition) is 3. The summed E-state index contributed by atoms with van der Waals surface area (Å²) in [6.07, 6.45) is 0. The Morgan fingerprint density at radius 3 is 2.24 bits per heavy atom. The Balaban J connectivity index is 1.92. The lowest BCUT2D eigenvalue weighted by molar-refractivity contribution is 0.581. The van der Waals surface area contributed by atoms with E-state index in [9.17, 15) is 8.42 Å². The van der Waals surface area contributed by atoms with Crippen molar-refractivity contribution in [3.05, 3.63) is 60.2 Å². The molecule has 0 spiro atoms. The van der Waals surface area contributed by atoms with Crippen molar-refractivity contribution in [2.24, 2.45) is 0 Å². The van der Waals surface area contributed by atoms with Crippen molar-refractivity contribution >= 4 is 15.7 Å². The second kappa shape index (κ2) is 6.74. The number of nitrogens with zero attached hydrogens (tertiary/aromatic N) is 1. The average Bonchev–Trinajstić information content (AvgIpc) is 2.48. The number of nitrogens with one attached hydrogen (secondary N) is 1. The largest absolute Gasteiger partial charge is 0.373 e. The summed E-state index contributed by atoms with van der Waals surface area (Å²) >= 11 is 0. The van der Waals surface area contributed by atoms with Crippen molar-refractivity contribution in [3.63, 3.8) is 0 Å². The van der Waals surface area contributed by atoms with Crippen LogP contribution < -0.4 is 9.62 Å². The van der Waals surface area contributed by atoms with Crippen molar-refractivity contribution in [2.75, 3.05) is 25.0 Å². The molecule has 0 unspecified atom stereocenters. The highest BCUT2D eigenvalue weighted by Crippen LogP contribution is 2.11. The molecule has 0 aliphatic heterocycles. The molecule has 2 rings (SSSR count). The monoisotopic (exact) mass is 304 g/mol. The second-order valence-electron chi connectivity index (χ2n) is 4.97. The van der Waals surface area contributed by atoms with Gasteiger partial charge < -0.3 is 4.90 Å². The predicted molar refractivity (Wildman–Crippen MR) is 86.1 cm³/mol.